The van der Waals surface area contributed by atoms with E-state index in [1.54, 1.807) is 30.1 Å². The van der Waals surface area contributed by atoms with Gasteiger partial charge in [0.25, 0.3) is 0 Å². The summed E-state index contributed by atoms with van der Waals surface area (Å²) in [6.45, 7) is 1.77. The fourth-order valence-corrected chi connectivity index (χ4v) is 4.03. The molecule has 0 aliphatic carbocycles. The molecule has 0 amide bonds. The molecule has 1 aliphatic heterocycles. The summed E-state index contributed by atoms with van der Waals surface area (Å²) in [5, 5.41) is 7.94. The molecular weight excluding hydrogens is 414 g/mol. The molecule has 0 radical (unpaired) electrons. The summed E-state index contributed by atoms with van der Waals surface area (Å²) in [5.74, 6) is -0.639. The predicted octanol–water partition coefficient (Wildman–Crippen LogP) is 4.16. The molecule has 5 rings (SSSR count). The van der Waals surface area contributed by atoms with Crippen molar-refractivity contribution in [2.24, 2.45) is 0 Å². The molecule has 0 spiro atoms. The maximum absolute atomic E-state index is 13.7. The Bertz CT molecular complexity index is 1250. The van der Waals surface area contributed by atoms with E-state index in [1.165, 1.54) is 6.07 Å². The van der Waals surface area contributed by atoms with Gasteiger partial charge in [-0.2, -0.15) is 4.98 Å². The highest BCUT2D eigenvalue weighted by atomic mass is 19.2. The van der Waals surface area contributed by atoms with Crippen LogP contribution in [0.1, 0.15) is 12.8 Å². The molecule has 0 unspecified atom stereocenters. The molecule has 1 aromatic carbocycles. The second kappa shape index (κ2) is 8.41. The van der Waals surface area contributed by atoms with E-state index < -0.39 is 11.6 Å². The van der Waals surface area contributed by atoms with Gasteiger partial charge in [-0.3, -0.25) is 0 Å². The van der Waals surface area contributed by atoms with Crippen molar-refractivity contribution in [1.82, 2.24) is 19.6 Å². The molecule has 32 heavy (non-hydrogen) atoms. The van der Waals surface area contributed by atoms with Crippen LogP contribution in [0.15, 0.2) is 54.9 Å². The fraction of sp³-hybridized carbons (Fsp3) is 0.261. The second-order valence-corrected chi connectivity index (χ2v) is 7.72. The molecule has 7 nitrogen and oxygen atoms in total. The van der Waals surface area contributed by atoms with E-state index in [4.69, 9.17) is 4.74 Å². The van der Waals surface area contributed by atoms with Crippen LogP contribution in [0.2, 0.25) is 0 Å². The summed E-state index contributed by atoms with van der Waals surface area (Å²) in [5.41, 5.74) is 2.92. The number of rotatable bonds is 5. The van der Waals surface area contributed by atoms with Gasteiger partial charge in [-0.1, -0.05) is 6.07 Å². The number of ether oxygens (including phenoxy) is 1. The van der Waals surface area contributed by atoms with Crippen molar-refractivity contribution in [3.63, 3.8) is 0 Å². The van der Waals surface area contributed by atoms with E-state index in [-0.39, 0.29) is 6.04 Å². The van der Waals surface area contributed by atoms with Gasteiger partial charge in [0.05, 0.1) is 7.11 Å². The number of nitrogens with zero attached hydrogens (tertiary/aromatic N) is 5. The van der Waals surface area contributed by atoms with Crippen LogP contribution < -0.4 is 15.0 Å². The van der Waals surface area contributed by atoms with Crippen LogP contribution in [0.3, 0.4) is 0 Å². The molecular formula is C23H22F2N6O. The molecule has 0 atom stereocenters. The summed E-state index contributed by atoms with van der Waals surface area (Å²) in [6.07, 6.45) is 5.40. The number of halogens is 2. The zero-order valence-electron chi connectivity index (χ0n) is 17.5. The van der Waals surface area contributed by atoms with Gasteiger partial charge in [-0.15, -0.1) is 5.10 Å². The van der Waals surface area contributed by atoms with Crippen LogP contribution in [0.5, 0.6) is 5.88 Å². The van der Waals surface area contributed by atoms with Crippen molar-refractivity contribution in [3.05, 3.63) is 66.5 Å². The topological polar surface area (TPSA) is 67.6 Å². The second-order valence-electron chi connectivity index (χ2n) is 7.72. The lowest BCUT2D eigenvalue weighted by molar-refractivity contribution is 0.397. The van der Waals surface area contributed by atoms with Gasteiger partial charge < -0.3 is 15.0 Å². The lowest BCUT2D eigenvalue weighted by Gasteiger charge is -2.33. The Balaban J connectivity index is 1.30. The number of aromatic nitrogens is 4. The lowest BCUT2D eigenvalue weighted by Crippen LogP contribution is -2.39. The van der Waals surface area contributed by atoms with Gasteiger partial charge in [0.15, 0.2) is 17.3 Å². The number of hydrogen-bond donors (Lipinski definition) is 1. The van der Waals surface area contributed by atoms with Crippen molar-refractivity contribution < 1.29 is 13.5 Å². The number of hydrogen-bond acceptors (Lipinski definition) is 6. The number of anilines is 2. The molecule has 0 bridgehead atoms. The van der Waals surface area contributed by atoms with E-state index in [9.17, 15) is 8.78 Å². The van der Waals surface area contributed by atoms with Crippen LogP contribution >= 0.6 is 0 Å². The Kier molecular flexibility index (Phi) is 5.30. The van der Waals surface area contributed by atoms with Gasteiger partial charge in [-0.05, 0) is 48.7 Å². The predicted molar refractivity (Wildman–Crippen MR) is 118 cm³/mol. The SMILES string of the molecule is COc1cc(N2CCC(Nc3nc4c(-c5ccc(F)c(F)c5)cccn4n3)CC2)ccn1. The highest BCUT2D eigenvalue weighted by molar-refractivity contribution is 5.77. The zero-order valence-corrected chi connectivity index (χ0v) is 17.5. The standard InChI is InChI=1S/C23H22F2N6O/c1-32-21-14-17(6-9-26-21)30-11-7-16(8-12-30)27-23-28-22-18(3-2-10-31(22)29-23)15-4-5-19(24)20(25)13-15/h2-6,9-10,13-14,16H,7-8,11-12H2,1H3,(H,27,29). The summed E-state index contributed by atoms with van der Waals surface area (Å²) >= 11 is 0. The summed E-state index contributed by atoms with van der Waals surface area (Å²) in [4.78, 5) is 11.1. The molecule has 0 saturated carbocycles. The first-order valence-corrected chi connectivity index (χ1v) is 10.4. The average Bonchev–Trinajstić information content (AvgIpc) is 3.24. The third-order valence-electron chi connectivity index (χ3n) is 5.71. The molecule has 1 fully saturated rings. The van der Waals surface area contributed by atoms with E-state index >= 15 is 0 Å². The monoisotopic (exact) mass is 436 g/mol. The lowest BCUT2D eigenvalue weighted by atomic mass is 10.0. The number of nitrogens with one attached hydrogen (secondary N) is 1. The highest BCUT2D eigenvalue weighted by Gasteiger charge is 2.21. The summed E-state index contributed by atoms with van der Waals surface area (Å²) in [6, 6.07) is 11.6. The molecule has 1 aliphatic rings. The van der Waals surface area contributed by atoms with Gasteiger partial charge in [-0.25, -0.2) is 18.3 Å². The molecule has 1 N–H and O–H groups in total. The quantitative estimate of drug-likeness (QED) is 0.507. The van der Waals surface area contributed by atoms with E-state index in [1.807, 2.05) is 24.3 Å². The molecule has 3 aromatic heterocycles. The van der Waals surface area contributed by atoms with Crippen molar-refractivity contribution >= 4 is 17.3 Å². The first kappa shape index (κ1) is 20.2. The van der Waals surface area contributed by atoms with Crippen LogP contribution in [0, 0.1) is 11.6 Å². The van der Waals surface area contributed by atoms with Crippen molar-refractivity contribution in [1.29, 1.82) is 0 Å². The van der Waals surface area contributed by atoms with Crippen molar-refractivity contribution in [3.8, 4) is 17.0 Å². The van der Waals surface area contributed by atoms with Crippen LogP contribution in [0.4, 0.5) is 20.4 Å². The maximum atomic E-state index is 13.7. The molecule has 4 aromatic rings. The third-order valence-corrected chi connectivity index (χ3v) is 5.71. The number of benzene rings is 1. The molecule has 164 valence electrons. The van der Waals surface area contributed by atoms with Gasteiger partial charge in [0.1, 0.15) is 0 Å². The number of methoxy groups -OCH3 is 1. The Morgan fingerprint density at radius 2 is 1.91 bits per heavy atom. The zero-order chi connectivity index (χ0) is 22.1. The minimum atomic E-state index is -0.888. The minimum absolute atomic E-state index is 0.235. The van der Waals surface area contributed by atoms with Gasteiger partial charge in [0.2, 0.25) is 11.8 Å². The fourth-order valence-electron chi connectivity index (χ4n) is 4.03. The molecule has 1 saturated heterocycles. The van der Waals surface area contributed by atoms with Crippen molar-refractivity contribution in [2.45, 2.75) is 18.9 Å². The molecule has 9 heteroatoms. The Hall–Kier alpha value is -3.75. The minimum Gasteiger partial charge on any atom is -0.481 e. The smallest absolute Gasteiger partial charge is 0.243 e. The number of piperidine rings is 1. The van der Waals surface area contributed by atoms with Gasteiger partial charge >= 0.3 is 0 Å². The largest absolute Gasteiger partial charge is 0.481 e. The van der Waals surface area contributed by atoms with Gasteiger partial charge in [0, 0.05) is 48.8 Å². The third kappa shape index (κ3) is 3.93. The van der Waals surface area contributed by atoms with Crippen LogP contribution in [0.25, 0.3) is 16.8 Å². The maximum Gasteiger partial charge on any atom is 0.243 e. The summed E-state index contributed by atoms with van der Waals surface area (Å²) in [7, 11) is 1.61. The first-order chi connectivity index (χ1) is 15.6. The number of pyridine rings is 2. The van der Waals surface area contributed by atoms with Crippen molar-refractivity contribution in [2.75, 3.05) is 30.4 Å². The normalized spacial score (nSPS) is 14.7. The Labute approximate surface area is 183 Å². The van der Waals surface area contributed by atoms with Crippen LogP contribution in [-0.4, -0.2) is 45.8 Å². The Morgan fingerprint density at radius 1 is 1.06 bits per heavy atom. The Morgan fingerprint density at radius 3 is 2.69 bits per heavy atom. The van der Waals surface area contributed by atoms with E-state index in [2.05, 4.69) is 25.3 Å². The summed E-state index contributed by atoms with van der Waals surface area (Å²) < 4.78 is 33.9. The average molecular weight is 436 g/mol. The highest BCUT2D eigenvalue weighted by Crippen LogP contribution is 2.27. The van der Waals surface area contributed by atoms with E-state index in [0.717, 1.165) is 37.7 Å². The first-order valence-electron chi connectivity index (χ1n) is 10.4. The number of fused-ring (bicyclic) bond motifs is 1. The van der Waals surface area contributed by atoms with Crippen LogP contribution in [-0.2, 0) is 0 Å². The molecule has 4 heterocycles. The van der Waals surface area contributed by atoms with E-state index in [0.29, 0.717) is 28.6 Å².